The molecule has 1 unspecified atom stereocenters. The van der Waals surface area contributed by atoms with Gasteiger partial charge in [0.15, 0.2) is 0 Å². The number of hydrogen-bond acceptors (Lipinski definition) is 3. The van der Waals surface area contributed by atoms with Gasteiger partial charge in [0, 0.05) is 18.8 Å². The van der Waals surface area contributed by atoms with E-state index in [0.717, 1.165) is 31.9 Å². The molecule has 6 heteroatoms. The Labute approximate surface area is 115 Å². The molecule has 0 spiro atoms. The first kappa shape index (κ1) is 14.7. The van der Waals surface area contributed by atoms with Gasteiger partial charge in [0.1, 0.15) is 0 Å². The lowest BCUT2D eigenvalue weighted by Crippen LogP contribution is -2.13. The van der Waals surface area contributed by atoms with Crippen LogP contribution in [0.5, 0.6) is 0 Å². The molecule has 1 heterocycles. The number of halogens is 3. The number of ether oxygens (including phenoxy) is 1. The van der Waals surface area contributed by atoms with Gasteiger partial charge in [-0.3, -0.25) is 0 Å². The number of rotatable bonds is 4. The first-order valence-corrected chi connectivity index (χ1v) is 6.47. The molecule has 1 aromatic rings. The number of nitrogens with zero attached hydrogens (tertiary/aromatic N) is 1. The van der Waals surface area contributed by atoms with Crippen molar-refractivity contribution in [3.8, 4) is 6.07 Å². The SMILES string of the molecule is N#Cc1ccc(NCCC2CCCO2)cc1C(F)(F)F. The van der Waals surface area contributed by atoms with Crippen molar-refractivity contribution in [2.45, 2.75) is 31.5 Å². The van der Waals surface area contributed by atoms with Crippen molar-refractivity contribution in [1.82, 2.24) is 0 Å². The minimum Gasteiger partial charge on any atom is -0.385 e. The summed E-state index contributed by atoms with van der Waals surface area (Å²) in [6.45, 7) is 1.31. The van der Waals surface area contributed by atoms with Gasteiger partial charge in [-0.1, -0.05) is 0 Å². The van der Waals surface area contributed by atoms with Gasteiger partial charge in [-0.25, -0.2) is 0 Å². The van der Waals surface area contributed by atoms with Gasteiger partial charge in [-0.15, -0.1) is 0 Å². The second kappa shape index (κ2) is 6.14. The summed E-state index contributed by atoms with van der Waals surface area (Å²) in [5.74, 6) is 0. The molecular formula is C14H15F3N2O. The summed E-state index contributed by atoms with van der Waals surface area (Å²) >= 11 is 0. The summed E-state index contributed by atoms with van der Waals surface area (Å²) < 4.78 is 43.8. The third kappa shape index (κ3) is 3.64. The highest BCUT2D eigenvalue weighted by Crippen LogP contribution is 2.33. The van der Waals surface area contributed by atoms with Crippen LogP contribution in [0.3, 0.4) is 0 Å². The Morgan fingerprint density at radius 2 is 2.20 bits per heavy atom. The van der Waals surface area contributed by atoms with Crippen molar-refractivity contribution >= 4 is 5.69 Å². The van der Waals surface area contributed by atoms with Gasteiger partial charge < -0.3 is 10.1 Å². The van der Waals surface area contributed by atoms with Crippen LogP contribution in [-0.2, 0) is 10.9 Å². The van der Waals surface area contributed by atoms with Crippen molar-refractivity contribution in [1.29, 1.82) is 5.26 Å². The Balaban J connectivity index is 2.00. The third-order valence-corrected chi connectivity index (χ3v) is 3.26. The second-order valence-electron chi connectivity index (χ2n) is 4.72. The Morgan fingerprint density at radius 3 is 2.80 bits per heavy atom. The van der Waals surface area contributed by atoms with Crippen LogP contribution in [0.4, 0.5) is 18.9 Å². The topological polar surface area (TPSA) is 45.0 Å². The highest BCUT2D eigenvalue weighted by molar-refractivity contribution is 5.53. The fraction of sp³-hybridized carbons (Fsp3) is 0.500. The van der Waals surface area contributed by atoms with Gasteiger partial charge in [-0.05, 0) is 37.5 Å². The van der Waals surface area contributed by atoms with Crippen molar-refractivity contribution in [2.24, 2.45) is 0 Å². The molecule has 1 fully saturated rings. The normalized spacial score (nSPS) is 18.8. The van der Waals surface area contributed by atoms with E-state index in [2.05, 4.69) is 5.32 Å². The van der Waals surface area contributed by atoms with Gasteiger partial charge >= 0.3 is 6.18 Å². The molecule has 0 saturated carbocycles. The molecule has 0 amide bonds. The van der Waals surface area contributed by atoms with Crippen molar-refractivity contribution in [3.05, 3.63) is 29.3 Å². The van der Waals surface area contributed by atoms with Crippen LogP contribution in [0.25, 0.3) is 0 Å². The molecule has 1 aliphatic heterocycles. The van der Waals surface area contributed by atoms with Crippen molar-refractivity contribution in [2.75, 3.05) is 18.5 Å². The van der Waals surface area contributed by atoms with E-state index in [9.17, 15) is 13.2 Å². The summed E-state index contributed by atoms with van der Waals surface area (Å²) in [5.41, 5.74) is -0.890. The molecule has 2 rings (SSSR count). The smallest absolute Gasteiger partial charge is 0.385 e. The van der Waals surface area contributed by atoms with E-state index in [1.54, 1.807) is 6.07 Å². The van der Waals surface area contributed by atoms with Crippen molar-refractivity contribution in [3.63, 3.8) is 0 Å². The summed E-state index contributed by atoms with van der Waals surface area (Å²) in [6, 6.07) is 5.22. The second-order valence-corrected chi connectivity index (χ2v) is 4.72. The maximum atomic E-state index is 12.8. The van der Waals surface area contributed by atoms with Crippen LogP contribution in [0.2, 0.25) is 0 Å². The number of alkyl halides is 3. The molecule has 0 bridgehead atoms. The third-order valence-electron chi connectivity index (χ3n) is 3.26. The lowest BCUT2D eigenvalue weighted by Gasteiger charge is -2.13. The number of nitrogens with one attached hydrogen (secondary N) is 1. The zero-order chi connectivity index (χ0) is 14.6. The standard InChI is InChI=1S/C14H15F3N2O/c15-14(16,17)13-8-11(4-3-10(13)9-18)19-6-5-12-2-1-7-20-12/h3-4,8,12,19H,1-2,5-7H2. The van der Waals surface area contributed by atoms with Crippen molar-refractivity contribution < 1.29 is 17.9 Å². The highest BCUT2D eigenvalue weighted by Gasteiger charge is 2.33. The number of nitriles is 1. The molecule has 1 aromatic carbocycles. The number of benzene rings is 1. The van der Waals surface area contributed by atoms with Gasteiger partial charge in [0.25, 0.3) is 0 Å². The molecule has 1 saturated heterocycles. The Bertz CT molecular complexity index is 502. The van der Waals surface area contributed by atoms with Crippen LogP contribution in [0, 0.1) is 11.3 Å². The maximum Gasteiger partial charge on any atom is 0.417 e. The van der Waals surface area contributed by atoms with Gasteiger partial charge in [-0.2, -0.15) is 18.4 Å². The molecule has 3 nitrogen and oxygen atoms in total. The van der Waals surface area contributed by atoms with E-state index < -0.39 is 11.7 Å². The van der Waals surface area contributed by atoms with Crippen LogP contribution in [-0.4, -0.2) is 19.3 Å². The highest BCUT2D eigenvalue weighted by atomic mass is 19.4. The summed E-state index contributed by atoms with van der Waals surface area (Å²) in [5, 5.41) is 11.7. The van der Waals surface area contributed by atoms with Crippen LogP contribution >= 0.6 is 0 Å². The fourth-order valence-electron chi connectivity index (χ4n) is 2.24. The average Bonchev–Trinajstić information content (AvgIpc) is 2.91. The molecule has 20 heavy (non-hydrogen) atoms. The number of anilines is 1. The van der Waals surface area contributed by atoms with E-state index in [1.165, 1.54) is 12.1 Å². The van der Waals surface area contributed by atoms with E-state index in [0.29, 0.717) is 12.2 Å². The predicted octanol–water partition coefficient (Wildman–Crippen LogP) is 3.56. The molecule has 1 aliphatic rings. The summed E-state index contributed by atoms with van der Waals surface area (Å²) in [4.78, 5) is 0. The minimum atomic E-state index is -4.52. The number of hydrogen-bond donors (Lipinski definition) is 1. The maximum absolute atomic E-state index is 12.8. The minimum absolute atomic E-state index is 0.197. The van der Waals surface area contributed by atoms with Crippen LogP contribution in [0.15, 0.2) is 18.2 Å². The predicted molar refractivity (Wildman–Crippen MR) is 68.2 cm³/mol. The largest absolute Gasteiger partial charge is 0.417 e. The Kier molecular flexibility index (Phi) is 4.50. The molecular weight excluding hydrogens is 269 g/mol. The molecule has 1 N–H and O–H groups in total. The van der Waals surface area contributed by atoms with Gasteiger partial charge in [0.2, 0.25) is 0 Å². The van der Waals surface area contributed by atoms with E-state index >= 15 is 0 Å². The summed E-state index contributed by atoms with van der Waals surface area (Å²) in [7, 11) is 0. The zero-order valence-electron chi connectivity index (χ0n) is 10.8. The van der Waals surface area contributed by atoms with Crippen LogP contribution in [0.1, 0.15) is 30.4 Å². The molecule has 1 atom stereocenters. The zero-order valence-corrected chi connectivity index (χ0v) is 10.8. The quantitative estimate of drug-likeness (QED) is 0.919. The Hall–Kier alpha value is -1.74. The lowest BCUT2D eigenvalue weighted by molar-refractivity contribution is -0.137. The Morgan fingerprint density at radius 1 is 1.40 bits per heavy atom. The van der Waals surface area contributed by atoms with Gasteiger partial charge in [0.05, 0.1) is 23.3 Å². The first-order chi connectivity index (χ1) is 9.50. The molecule has 0 aromatic heterocycles. The van der Waals surface area contributed by atoms with Crippen LogP contribution < -0.4 is 5.32 Å². The fourth-order valence-corrected chi connectivity index (χ4v) is 2.24. The average molecular weight is 284 g/mol. The summed E-state index contributed by atoms with van der Waals surface area (Å²) in [6.07, 6.45) is -1.51. The van der Waals surface area contributed by atoms with E-state index in [1.807, 2.05) is 0 Å². The monoisotopic (exact) mass is 284 g/mol. The first-order valence-electron chi connectivity index (χ1n) is 6.47. The molecule has 108 valence electrons. The van der Waals surface area contributed by atoms with E-state index in [4.69, 9.17) is 10.00 Å². The van der Waals surface area contributed by atoms with E-state index in [-0.39, 0.29) is 11.7 Å². The molecule has 0 aliphatic carbocycles. The molecule has 0 radical (unpaired) electrons. The lowest BCUT2D eigenvalue weighted by atomic mass is 10.1.